The number of halogens is 6. The van der Waals surface area contributed by atoms with Crippen molar-refractivity contribution < 1.29 is 26.3 Å². The van der Waals surface area contributed by atoms with E-state index in [1.807, 2.05) is 0 Å². The second-order valence-electron chi connectivity index (χ2n) is 3.52. The van der Waals surface area contributed by atoms with Crippen molar-refractivity contribution in [1.82, 2.24) is 0 Å². The summed E-state index contributed by atoms with van der Waals surface area (Å²) in [5.74, 6) is -4.68. The van der Waals surface area contributed by atoms with Crippen LogP contribution in [0, 0.1) is 17.5 Å². The van der Waals surface area contributed by atoms with Crippen molar-refractivity contribution in [2.24, 2.45) is 5.73 Å². The highest BCUT2D eigenvalue weighted by molar-refractivity contribution is 5.23. The molecule has 0 amide bonds. The topological polar surface area (TPSA) is 26.0 Å². The number of alkyl halides is 3. The van der Waals surface area contributed by atoms with Crippen LogP contribution in [0.15, 0.2) is 12.1 Å². The van der Waals surface area contributed by atoms with Crippen LogP contribution in [-0.4, -0.2) is 6.18 Å². The zero-order valence-electron chi connectivity index (χ0n) is 8.49. The lowest BCUT2D eigenvalue weighted by Crippen LogP contribution is -2.17. The molecule has 1 nitrogen and oxygen atoms in total. The standard InChI is InChI=1S/C10H9F6N/c11-6-2-1-5(8(12)9(6)13)7(17)3-4-10(14,15)16/h1-2,7H,3-4,17H2/t7-/m1/s1. The molecule has 0 aliphatic rings. The van der Waals surface area contributed by atoms with Crippen molar-refractivity contribution >= 4 is 0 Å². The quantitative estimate of drug-likeness (QED) is 0.651. The van der Waals surface area contributed by atoms with E-state index >= 15 is 0 Å². The van der Waals surface area contributed by atoms with Crippen LogP contribution in [0.2, 0.25) is 0 Å². The smallest absolute Gasteiger partial charge is 0.324 e. The molecule has 7 heteroatoms. The van der Waals surface area contributed by atoms with Crippen molar-refractivity contribution in [2.75, 3.05) is 0 Å². The molecule has 0 unspecified atom stereocenters. The van der Waals surface area contributed by atoms with E-state index in [1.54, 1.807) is 0 Å². The third-order valence-electron chi connectivity index (χ3n) is 2.20. The summed E-state index contributed by atoms with van der Waals surface area (Å²) in [6.45, 7) is 0. The number of nitrogens with two attached hydrogens (primary N) is 1. The van der Waals surface area contributed by atoms with Gasteiger partial charge >= 0.3 is 6.18 Å². The Morgan fingerprint density at radius 2 is 1.65 bits per heavy atom. The molecule has 0 saturated carbocycles. The summed E-state index contributed by atoms with van der Waals surface area (Å²) >= 11 is 0. The molecule has 0 spiro atoms. The lowest BCUT2D eigenvalue weighted by molar-refractivity contribution is -0.136. The third-order valence-corrected chi connectivity index (χ3v) is 2.20. The number of benzene rings is 1. The van der Waals surface area contributed by atoms with Crippen LogP contribution in [0.25, 0.3) is 0 Å². The van der Waals surface area contributed by atoms with E-state index in [9.17, 15) is 26.3 Å². The Bertz CT molecular complexity index is 401. The van der Waals surface area contributed by atoms with Crippen molar-refractivity contribution in [3.8, 4) is 0 Å². The first-order valence-electron chi connectivity index (χ1n) is 4.68. The molecule has 0 fully saturated rings. The fourth-order valence-corrected chi connectivity index (χ4v) is 1.30. The first-order chi connectivity index (χ1) is 7.72. The van der Waals surface area contributed by atoms with Gasteiger partial charge in [-0.15, -0.1) is 0 Å². The molecule has 2 N–H and O–H groups in total. The molecule has 1 aromatic carbocycles. The summed E-state index contributed by atoms with van der Waals surface area (Å²) in [4.78, 5) is 0. The van der Waals surface area contributed by atoms with Gasteiger partial charge in [0.15, 0.2) is 17.5 Å². The van der Waals surface area contributed by atoms with E-state index in [0.717, 1.165) is 6.07 Å². The average Bonchev–Trinajstić information content (AvgIpc) is 2.22. The van der Waals surface area contributed by atoms with Gasteiger partial charge in [0.25, 0.3) is 0 Å². The molecule has 0 bridgehead atoms. The van der Waals surface area contributed by atoms with Gasteiger partial charge in [-0.3, -0.25) is 0 Å². The summed E-state index contributed by atoms with van der Waals surface area (Å²) < 4.78 is 74.2. The zero-order valence-corrected chi connectivity index (χ0v) is 8.49. The predicted octanol–water partition coefficient (Wildman–Crippen LogP) is 3.45. The molecule has 96 valence electrons. The summed E-state index contributed by atoms with van der Waals surface area (Å²) in [6.07, 6.45) is -6.23. The van der Waals surface area contributed by atoms with Gasteiger partial charge in [-0.25, -0.2) is 13.2 Å². The number of hydrogen-bond donors (Lipinski definition) is 1. The minimum absolute atomic E-state index is 0.465. The van der Waals surface area contributed by atoms with E-state index in [-0.39, 0.29) is 0 Å². The molecular weight excluding hydrogens is 248 g/mol. The van der Waals surface area contributed by atoms with Gasteiger partial charge in [0.2, 0.25) is 0 Å². The van der Waals surface area contributed by atoms with Gasteiger partial charge in [-0.2, -0.15) is 13.2 Å². The molecular formula is C10H9F6N. The van der Waals surface area contributed by atoms with Crippen molar-refractivity contribution in [3.63, 3.8) is 0 Å². The molecule has 0 saturated heterocycles. The summed E-state index contributed by atoms with van der Waals surface area (Å²) in [5.41, 5.74) is 4.83. The summed E-state index contributed by atoms with van der Waals surface area (Å²) in [6, 6.07) is 0.141. The maximum absolute atomic E-state index is 13.2. The van der Waals surface area contributed by atoms with Crippen molar-refractivity contribution in [2.45, 2.75) is 25.1 Å². The molecule has 0 aromatic heterocycles. The van der Waals surface area contributed by atoms with Gasteiger partial charge in [0.1, 0.15) is 0 Å². The highest BCUT2D eigenvalue weighted by atomic mass is 19.4. The Kier molecular flexibility index (Phi) is 4.03. The lowest BCUT2D eigenvalue weighted by atomic mass is 10.0. The van der Waals surface area contributed by atoms with Gasteiger partial charge in [0, 0.05) is 18.0 Å². The van der Waals surface area contributed by atoms with Gasteiger partial charge in [-0.1, -0.05) is 6.07 Å². The Morgan fingerprint density at radius 3 is 2.18 bits per heavy atom. The molecule has 0 radical (unpaired) electrons. The normalized spacial score (nSPS) is 13.8. The Labute approximate surface area is 93.2 Å². The Morgan fingerprint density at radius 1 is 1.06 bits per heavy atom. The molecule has 1 rings (SSSR count). The van der Waals surface area contributed by atoms with E-state index in [0.29, 0.717) is 6.07 Å². The van der Waals surface area contributed by atoms with Crippen LogP contribution >= 0.6 is 0 Å². The van der Waals surface area contributed by atoms with Crippen LogP contribution < -0.4 is 5.73 Å². The van der Waals surface area contributed by atoms with Gasteiger partial charge in [-0.05, 0) is 12.5 Å². The Balaban J connectivity index is 2.83. The third kappa shape index (κ3) is 3.62. The second-order valence-corrected chi connectivity index (χ2v) is 3.52. The van der Waals surface area contributed by atoms with E-state index in [2.05, 4.69) is 0 Å². The maximum atomic E-state index is 13.2. The molecule has 17 heavy (non-hydrogen) atoms. The summed E-state index contributed by atoms with van der Waals surface area (Å²) in [5, 5.41) is 0. The summed E-state index contributed by atoms with van der Waals surface area (Å²) in [7, 11) is 0. The monoisotopic (exact) mass is 257 g/mol. The first-order valence-corrected chi connectivity index (χ1v) is 4.68. The van der Waals surface area contributed by atoms with Crippen LogP contribution in [0.4, 0.5) is 26.3 Å². The largest absolute Gasteiger partial charge is 0.389 e. The van der Waals surface area contributed by atoms with Crippen LogP contribution in [0.5, 0.6) is 0 Å². The zero-order chi connectivity index (χ0) is 13.2. The SMILES string of the molecule is N[C@H](CCC(F)(F)F)c1ccc(F)c(F)c1F. The molecule has 0 aliphatic heterocycles. The van der Waals surface area contributed by atoms with Gasteiger partial charge in [0.05, 0.1) is 0 Å². The number of hydrogen-bond acceptors (Lipinski definition) is 1. The maximum Gasteiger partial charge on any atom is 0.389 e. The second kappa shape index (κ2) is 4.95. The molecule has 0 heterocycles. The lowest BCUT2D eigenvalue weighted by Gasteiger charge is -2.14. The van der Waals surface area contributed by atoms with E-state index < -0.39 is 48.1 Å². The average molecular weight is 257 g/mol. The van der Waals surface area contributed by atoms with Crippen LogP contribution in [0.3, 0.4) is 0 Å². The van der Waals surface area contributed by atoms with E-state index in [1.165, 1.54) is 0 Å². The minimum atomic E-state index is -4.42. The fraction of sp³-hybridized carbons (Fsp3) is 0.400. The molecule has 1 atom stereocenters. The van der Waals surface area contributed by atoms with Crippen LogP contribution in [0.1, 0.15) is 24.4 Å². The highest BCUT2D eigenvalue weighted by Crippen LogP contribution is 2.28. The van der Waals surface area contributed by atoms with Crippen molar-refractivity contribution in [3.05, 3.63) is 35.1 Å². The van der Waals surface area contributed by atoms with Crippen molar-refractivity contribution in [1.29, 1.82) is 0 Å². The predicted molar refractivity (Wildman–Crippen MR) is 48.5 cm³/mol. The van der Waals surface area contributed by atoms with E-state index in [4.69, 9.17) is 5.73 Å². The molecule has 1 aromatic rings. The van der Waals surface area contributed by atoms with Gasteiger partial charge < -0.3 is 5.73 Å². The minimum Gasteiger partial charge on any atom is -0.324 e. The Hall–Kier alpha value is -1.24. The van der Waals surface area contributed by atoms with Crippen LogP contribution in [-0.2, 0) is 0 Å². The highest BCUT2D eigenvalue weighted by Gasteiger charge is 2.29. The molecule has 0 aliphatic carbocycles. The first kappa shape index (κ1) is 13.8. The fourth-order valence-electron chi connectivity index (χ4n) is 1.30. The number of rotatable bonds is 3.